The Labute approximate surface area is 105 Å². The molecule has 1 aliphatic rings. The summed E-state index contributed by atoms with van der Waals surface area (Å²) < 4.78 is 18.4. The van der Waals surface area contributed by atoms with E-state index in [2.05, 4.69) is 15.9 Å². The van der Waals surface area contributed by atoms with E-state index in [1.165, 1.54) is 24.1 Å². The van der Waals surface area contributed by atoms with Gasteiger partial charge in [-0.25, -0.2) is 4.39 Å². The highest BCUT2D eigenvalue weighted by Gasteiger charge is 2.36. The average molecular weight is 302 g/mol. The van der Waals surface area contributed by atoms with Gasteiger partial charge in [0.25, 0.3) is 11.7 Å². The van der Waals surface area contributed by atoms with Crippen LogP contribution in [0.5, 0.6) is 0 Å². The summed E-state index contributed by atoms with van der Waals surface area (Å²) in [7, 11) is 1.49. The van der Waals surface area contributed by atoms with E-state index < -0.39 is 17.5 Å². The van der Waals surface area contributed by atoms with E-state index in [0.717, 1.165) is 0 Å². The van der Waals surface area contributed by atoms with E-state index in [1.807, 2.05) is 0 Å². The Kier molecular flexibility index (Phi) is 3.26. The Morgan fingerprint density at radius 1 is 1.41 bits per heavy atom. The second kappa shape index (κ2) is 4.54. The van der Waals surface area contributed by atoms with Crippen molar-refractivity contribution < 1.29 is 18.7 Å². The Hall–Kier alpha value is -1.27. The largest absolute Gasteiger partial charge is 0.383 e. The third-order valence-corrected chi connectivity index (χ3v) is 3.14. The normalized spacial score (nSPS) is 14.4. The molecule has 1 aromatic carbocycles. The number of methoxy groups -OCH3 is 1. The molecule has 4 nitrogen and oxygen atoms in total. The molecule has 2 rings (SSSR count). The van der Waals surface area contributed by atoms with Crippen molar-refractivity contribution in [1.82, 2.24) is 0 Å². The highest BCUT2D eigenvalue weighted by atomic mass is 79.9. The van der Waals surface area contributed by atoms with E-state index >= 15 is 0 Å². The molecule has 1 amide bonds. The van der Waals surface area contributed by atoms with E-state index in [4.69, 9.17) is 4.74 Å². The lowest BCUT2D eigenvalue weighted by molar-refractivity contribution is -0.114. The SMILES string of the molecule is COCCN1C(=O)C(=O)c2cc(Br)c(F)cc21. The van der Waals surface area contributed by atoms with Gasteiger partial charge >= 0.3 is 0 Å². The maximum atomic E-state index is 13.4. The van der Waals surface area contributed by atoms with Crippen LogP contribution in [0.15, 0.2) is 16.6 Å². The summed E-state index contributed by atoms with van der Waals surface area (Å²) in [6, 6.07) is 2.51. The Morgan fingerprint density at radius 2 is 2.12 bits per heavy atom. The van der Waals surface area contributed by atoms with Crippen LogP contribution in [0.1, 0.15) is 10.4 Å². The van der Waals surface area contributed by atoms with Gasteiger partial charge < -0.3 is 9.64 Å². The van der Waals surface area contributed by atoms with Crippen LogP contribution in [-0.2, 0) is 9.53 Å². The maximum Gasteiger partial charge on any atom is 0.299 e. The van der Waals surface area contributed by atoms with Gasteiger partial charge in [-0.15, -0.1) is 0 Å². The maximum absolute atomic E-state index is 13.4. The van der Waals surface area contributed by atoms with Crippen molar-refractivity contribution >= 4 is 33.3 Å². The molecule has 0 saturated heterocycles. The number of carbonyl (C=O) groups excluding carboxylic acids is 2. The topological polar surface area (TPSA) is 46.6 Å². The average Bonchev–Trinajstić information content (AvgIpc) is 2.52. The van der Waals surface area contributed by atoms with Crippen LogP contribution in [0.25, 0.3) is 0 Å². The first kappa shape index (κ1) is 12.2. The van der Waals surface area contributed by atoms with E-state index in [1.54, 1.807) is 0 Å². The fourth-order valence-electron chi connectivity index (χ4n) is 1.69. The lowest BCUT2D eigenvalue weighted by atomic mass is 10.1. The lowest BCUT2D eigenvalue weighted by Crippen LogP contribution is -2.32. The fraction of sp³-hybridized carbons (Fsp3) is 0.273. The molecular formula is C11H9BrFNO3. The van der Waals surface area contributed by atoms with E-state index in [0.29, 0.717) is 5.69 Å². The van der Waals surface area contributed by atoms with Crippen LogP contribution >= 0.6 is 15.9 Å². The van der Waals surface area contributed by atoms with Crippen molar-refractivity contribution in [3.63, 3.8) is 0 Å². The van der Waals surface area contributed by atoms with E-state index in [-0.39, 0.29) is 23.2 Å². The minimum atomic E-state index is -0.644. The molecule has 0 unspecified atom stereocenters. The Balaban J connectivity index is 2.45. The summed E-state index contributed by atoms with van der Waals surface area (Å²) in [4.78, 5) is 24.6. The molecular weight excluding hydrogens is 293 g/mol. The van der Waals surface area contributed by atoms with Crippen LogP contribution in [0.4, 0.5) is 10.1 Å². The molecule has 0 saturated carbocycles. The van der Waals surface area contributed by atoms with Crippen molar-refractivity contribution in [2.24, 2.45) is 0 Å². The highest BCUT2D eigenvalue weighted by Crippen LogP contribution is 2.32. The second-order valence-corrected chi connectivity index (χ2v) is 4.42. The van der Waals surface area contributed by atoms with Crippen LogP contribution in [0, 0.1) is 5.82 Å². The molecule has 0 aliphatic carbocycles. The molecule has 1 heterocycles. The van der Waals surface area contributed by atoms with Gasteiger partial charge in [-0.05, 0) is 28.1 Å². The quantitative estimate of drug-likeness (QED) is 0.799. The molecule has 0 bridgehead atoms. The van der Waals surface area contributed by atoms with Crippen molar-refractivity contribution in [2.75, 3.05) is 25.2 Å². The summed E-state index contributed by atoms with van der Waals surface area (Å²) in [6.07, 6.45) is 0. The number of fused-ring (bicyclic) bond motifs is 1. The summed E-state index contributed by atoms with van der Waals surface area (Å²) in [5, 5.41) is 0. The van der Waals surface area contributed by atoms with Gasteiger partial charge in [0.2, 0.25) is 0 Å². The number of Topliss-reactive ketones (excluding diaryl/α,β-unsaturated/α-hetero) is 1. The minimum absolute atomic E-state index is 0.172. The first-order chi connectivity index (χ1) is 8.06. The summed E-state index contributed by atoms with van der Waals surface area (Å²) in [6.45, 7) is 0.519. The van der Waals surface area contributed by atoms with Gasteiger partial charge in [-0.1, -0.05) is 0 Å². The molecule has 0 aromatic heterocycles. The van der Waals surface area contributed by atoms with Crippen molar-refractivity contribution in [2.45, 2.75) is 0 Å². The van der Waals surface area contributed by atoms with Crippen LogP contribution < -0.4 is 4.90 Å². The van der Waals surface area contributed by atoms with Gasteiger partial charge in [0.15, 0.2) is 0 Å². The van der Waals surface area contributed by atoms with Crippen molar-refractivity contribution in [3.05, 3.63) is 28.0 Å². The number of carbonyl (C=O) groups is 2. The molecule has 6 heteroatoms. The van der Waals surface area contributed by atoms with Crippen LogP contribution in [0.2, 0.25) is 0 Å². The number of anilines is 1. The van der Waals surface area contributed by atoms with Crippen molar-refractivity contribution in [3.8, 4) is 0 Å². The first-order valence-electron chi connectivity index (χ1n) is 4.90. The van der Waals surface area contributed by atoms with Gasteiger partial charge in [0.05, 0.1) is 22.3 Å². The number of benzene rings is 1. The third kappa shape index (κ3) is 1.98. The van der Waals surface area contributed by atoms with Gasteiger partial charge in [0.1, 0.15) is 5.82 Å². The van der Waals surface area contributed by atoms with Crippen LogP contribution in [0.3, 0.4) is 0 Å². The van der Waals surface area contributed by atoms with Gasteiger partial charge in [-0.2, -0.15) is 0 Å². The summed E-state index contributed by atoms with van der Waals surface area (Å²) in [5.41, 5.74) is 0.525. The predicted octanol–water partition coefficient (Wildman–Crippen LogP) is 1.76. The fourth-order valence-corrected chi connectivity index (χ4v) is 2.04. The number of ether oxygens (including phenoxy) is 1. The summed E-state index contributed by atoms with van der Waals surface area (Å²) >= 11 is 2.99. The third-order valence-electron chi connectivity index (χ3n) is 2.53. The zero-order valence-electron chi connectivity index (χ0n) is 9.00. The molecule has 0 spiro atoms. The van der Waals surface area contributed by atoms with Crippen molar-refractivity contribution in [1.29, 1.82) is 0 Å². The molecule has 1 aliphatic heterocycles. The minimum Gasteiger partial charge on any atom is -0.383 e. The Morgan fingerprint density at radius 3 is 2.76 bits per heavy atom. The highest BCUT2D eigenvalue weighted by molar-refractivity contribution is 9.10. The molecule has 0 fully saturated rings. The number of rotatable bonds is 3. The molecule has 0 atom stereocenters. The molecule has 90 valence electrons. The standard InChI is InChI=1S/C11H9BrFNO3/c1-17-3-2-14-9-5-8(13)7(12)4-6(9)10(15)11(14)16/h4-5H,2-3H2,1H3. The second-order valence-electron chi connectivity index (χ2n) is 3.56. The van der Waals surface area contributed by atoms with E-state index in [9.17, 15) is 14.0 Å². The smallest absolute Gasteiger partial charge is 0.299 e. The molecule has 0 radical (unpaired) electrons. The molecule has 17 heavy (non-hydrogen) atoms. The number of halogens is 2. The first-order valence-corrected chi connectivity index (χ1v) is 5.69. The number of hydrogen-bond donors (Lipinski definition) is 0. The van der Waals surface area contributed by atoms with Gasteiger partial charge in [0, 0.05) is 13.7 Å². The predicted molar refractivity (Wildman–Crippen MR) is 62.7 cm³/mol. The number of ketones is 1. The number of hydrogen-bond acceptors (Lipinski definition) is 3. The Bertz CT molecular complexity index is 504. The molecule has 0 N–H and O–H groups in total. The monoisotopic (exact) mass is 301 g/mol. The zero-order valence-corrected chi connectivity index (χ0v) is 10.6. The lowest BCUT2D eigenvalue weighted by Gasteiger charge is -2.15. The molecule has 1 aromatic rings. The number of amides is 1. The summed E-state index contributed by atoms with van der Waals surface area (Å²) in [5.74, 6) is -1.76. The number of nitrogens with zero attached hydrogens (tertiary/aromatic N) is 1. The van der Waals surface area contributed by atoms with Gasteiger partial charge in [-0.3, -0.25) is 9.59 Å². The zero-order chi connectivity index (χ0) is 12.6. The van der Waals surface area contributed by atoms with Crippen LogP contribution in [-0.4, -0.2) is 32.0 Å².